The third-order valence-corrected chi connectivity index (χ3v) is 3.84. The third-order valence-electron chi connectivity index (χ3n) is 3.61. The minimum absolute atomic E-state index is 0.188. The second-order valence-corrected chi connectivity index (χ2v) is 6.08. The molecule has 0 aliphatic heterocycles. The summed E-state index contributed by atoms with van der Waals surface area (Å²) in [7, 11) is 0. The van der Waals surface area contributed by atoms with Crippen molar-refractivity contribution in [1.29, 1.82) is 0 Å². The number of primary amides is 1. The number of ether oxygens (including phenoxy) is 1. The van der Waals surface area contributed by atoms with Crippen molar-refractivity contribution in [3.63, 3.8) is 0 Å². The molecule has 3 N–H and O–H groups in total. The van der Waals surface area contributed by atoms with E-state index in [1.807, 2.05) is 0 Å². The second kappa shape index (κ2) is 7.88. The molecule has 0 saturated heterocycles. The van der Waals surface area contributed by atoms with Crippen LogP contribution in [0, 0.1) is 6.92 Å². The number of carbonyl (C=O) groups excluding carboxylic acids is 2. The number of halogens is 1. The van der Waals surface area contributed by atoms with E-state index in [4.69, 9.17) is 22.1 Å². The Kier molecular flexibility index (Phi) is 5.37. The van der Waals surface area contributed by atoms with Crippen LogP contribution in [0.3, 0.4) is 0 Å². The molecule has 9 heteroatoms. The molecule has 0 bridgehead atoms. The summed E-state index contributed by atoms with van der Waals surface area (Å²) in [6.07, 6.45) is 3.11. The number of fused-ring (bicyclic) bond motifs is 1. The van der Waals surface area contributed by atoms with E-state index in [-0.39, 0.29) is 6.61 Å². The minimum atomic E-state index is -0.549. The Morgan fingerprint density at radius 3 is 2.74 bits per heavy atom. The molecule has 3 aromatic rings. The number of hydrogen-bond acceptors (Lipinski definition) is 5. The van der Waals surface area contributed by atoms with Crippen molar-refractivity contribution >= 4 is 35.3 Å². The normalized spacial score (nSPS) is 11.0. The van der Waals surface area contributed by atoms with Crippen molar-refractivity contribution < 1.29 is 14.3 Å². The molecular weight excluding hydrogens is 370 g/mol. The Bertz CT molecular complexity index is 1030. The van der Waals surface area contributed by atoms with Gasteiger partial charge in [-0.15, -0.1) is 0 Å². The average molecular weight is 386 g/mol. The van der Waals surface area contributed by atoms with Crippen molar-refractivity contribution in [2.24, 2.45) is 10.8 Å². The zero-order chi connectivity index (χ0) is 19.4. The SMILES string of the molecule is Cc1nc2ccc(Cl)cn2c1C(=O)N/N=C\c1ccc(OCC(N)=O)cc1. The number of imidazole rings is 1. The highest BCUT2D eigenvalue weighted by Crippen LogP contribution is 2.16. The van der Waals surface area contributed by atoms with E-state index in [0.29, 0.717) is 27.8 Å². The Morgan fingerprint density at radius 2 is 2.04 bits per heavy atom. The molecule has 0 fully saturated rings. The average Bonchev–Trinajstić information content (AvgIpc) is 2.96. The van der Waals surface area contributed by atoms with Gasteiger partial charge in [-0.3, -0.25) is 14.0 Å². The van der Waals surface area contributed by atoms with Crippen LogP contribution in [0.4, 0.5) is 0 Å². The van der Waals surface area contributed by atoms with E-state index in [1.54, 1.807) is 53.9 Å². The lowest BCUT2D eigenvalue weighted by molar-refractivity contribution is -0.119. The molecule has 0 atom stereocenters. The van der Waals surface area contributed by atoms with Gasteiger partial charge in [-0.2, -0.15) is 5.10 Å². The largest absolute Gasteiger partial charge is 0.484 e. The van der Waals surface area contributed by atoms with Gasteiger partial charge in [-0.25, -0.2) is 10.4 Å². The van der Waals surface area contributed by atoms with Gasteiger partial charge >= 0.3 is 0 Å². The van der Waals surface area contributed by atoms with E-state index in [1.165, 1.54) is 6.21 Å². The molecule has 0 aliphatic rings. The molecule has 0 unspecified atom stereocenters. The highest BCUT2D eigenvalue weighted by molar-refractivity contribution is 6.30. The number of amides is 2. The molecule has 1 aromatic carbocycles. The first-order chi connectivity index (χ1) is 12.9. The summed E-state index contributed by atoms with van der Waals surface area (Å²) in [5, 5.41) is 4.45. The van der Waals surface area contributed by atoms with Crippen LogP contribution in [0.5, 0.6) is 5.75 Å². The summed E-state index contributed by atoms with van der Waals surface area (Å²) in [6.45, 7) is 1.55. The van der Waals surface area contributed by atoms with Crippen molar-refractivity contribution in [2.45, 2.75) is 6.92 Å². The molecular formula is C18H16ClN5O3. The predicted octanol–water partition coefficient (Wildman–Crippen LogP) is 1.92. The highest BCUT2D eigenvalue weighted by Gasteiger charge is 2.16. The number of aryl methyl sites for hydroxylation is 1. The van der Waals surface area contributed by atoms with Crippen molar-refractivity contribution in [3.8, 4) is 5.75 Å². The molecule has 2 aromatic heterocycles. The maximum Gasteiger partial charge on any atom is 0.290 e. The molecule has 8 nitrogen and oxygen atoms in total. The number of aromatic nitrogens is 2. The van der Waals surface area contributed by atoms with Gasteiger partial charge in [0, 0.05) is 6.20 Å². The fourth-order valence-electron chi connectivity index (χ4n) is 2.43. The van der Waals surface area contributed by atoms with Gasteiger partial charge < -0.3 is 10.5 Å². The van der Waals surface area contributed by atoms with Crippen LogP contribution in [-0.2, 0) is 4.79 Å². The first-order valence-electron chi connectivity index (χ1n) is 7.93. The number of carbonyl (C=O) groups is 2. The van der Waals surface area contributed by atoms with E-state index in [0.717, 1.165) is 5.56 Å². The Hall–Kier alpha value is -3.39. The molecule has 138 valence electrons. The zero-order valence-corrected chi connectivity index (χ0v) is 15.1. The summed E-state index contributed by atoms with van der Waals surface area (Å²) >= 11 is 6.00. The number of rotatable bonds is 6. The van der Waals surface area contributed by atoms with Crippen LogP contribution < -0.4 is 15.9 Å². The first-order valence-corrected chi connectivity index (χ1v) is 8.30. The van der Waals surface area contributed by atoms with Crippen molar-refractivity contribution in [2.75, 3.05) is 6.61 Å². The summed E-state index contributed by atoms with van der Waals surface area (Å²) < 4.78 is 6.79. The summed E-state index contributed by atoms with van der Waals surface area (Å²) in [5.74, 6) is -0.444. The fraction of sp³-hybridized carbons (Fsp3) is 0.111. The topological polar surface area (TPSA) is 111 Å². The molecule has 2 heterocycles. The van der Waals surface area contributed by atoms with Gasteiger partial charge in [0.2, 0.25) is 0 Å². The van der Waals surface area contributed by atoms with Gasteiger partial charge in [0.15, 0.2) is 6.61 Å². The monoisotopic (exact) mass is 385 g/mol. The van der Waals surface area contributed by atoms with Crippen LogP contribution in [0.15, 0.2) is 47.7 Å². The third kappa shape index (κ3) is 4.42. The maximum atomic E-state index is 12.5. The molecule has 2 amide bonds. The quantitative estimate of drug-likeness (QED) is 0.498. The first kappa shape index (κ1) is 18.4. The van der Waals surface area contributed by atoms with Crippen LogP contribution in [0.1, 0.15) is 21.7 Å². The lowest BCUT2D eigenvalue weighted by atomic mass is 10.2. The number of hydrazone groups is 1. The van der Waals surface area contributed by atoms with Gasteiger partial charge in [-0.05, 0) is 48.9 Å². The number of nitrogens with two attached hydrogens (primary N) is 1. The number of nitrogens with zero attached hydrogens (tertiary/aromatic N) is 3. The Labute approximate surface area is 159 Å². The lowest BCUT2D eigenvalue weighted by Crippen LogP contribution is -2.20. The summed E-state index contributed by atoms with van der Waals surface area (Å²) in [5.41, 5.74) is 9.78. The van der Waals surface area contributed by atoms with Crippen LogP contribution >= 0.6 is 11.6 Å². The van der Waals surface area contributed by atoms with Crippen LogP contribution in [0.25, 0.3) is 5.65 Å². The molecule has 0 radical (unpaired) electrons. The van der Waals surface area contributed by atoms with Gasteiger partial charge in [0.05, 0.1) is 16.9 Å². The number of benzene rings is 1. The van der Waals surface area contributed by atoms with E-state index < -0.39 is 11.8 Å². The van der Waals surface area contributed by atoms with Crippen molar-refractivity contribution in [1.82, 2.24) is 14.8 Å². The smallest absolute Gasteiger partial charge is 0.290 e. The van der Waals surface area contributed by atoms with Crippen LogP contribution in [-0.4, -0.2) is 34.0 Å². The van der Waals surface area contributed by atoms with E-state index >= 15 is 0 Å². The Morgan fingerprint density at radius 1 is 1.30 bits per heavy atom. The van der Waals surface area contributed by atoms with Crippen molar-refractivity contribution in [3.05, 3.63) is 64.6 Å². The number of pyridine rings is 1. The summed E-state index contributed by atoms with van der Waals surface area (Å²) in [6, 6.07) is 10.2. The van der Waals surface area contributed by atoms with Gasteiger partial charge in [-0.1, -0.05) is 11.6 Å². The highest BCUT2D eigenvalue weighted by atomic mass is 35.5. The molecule has 27 heavy (non-hydrogen) atoms. The van der Waals surface area contributed by atoms with Gasteiger partial charge in [0.25, 0.3) is 11.8 Å². The maximum absolute atomic E-state index is 12.5. The van der Waals surface area contributed by atoms with E-state index in [9.17, 15) is 9.59 Å². The minimum Gasteiger partial charge on any atom is -0.484 e. The molecule has 0 saturated carbocycles. The summed E-state index contributed by atoms with van der Waals surface area (Å²) in [4.78, 5) is 27.5. The molecule has 0 aliphatic carbocycles. The fourth-order valence-corrected chi connectivity index (χ4v) is 2.59. The second-order valence-electron chi connectivity index (χ2n) is 5.64. The molecule has 3 rings (SSSR count). The standard InChI is InChI=1S/C18H16ClN5O3/c1-11-17(24-9-13(19)4-7-16(24)22-11)18(26)23-21-8-12-2-5-14(6-3-12)27-10-15(20)25/h2-9H,10H2,1H3,(H2,20,25)(H,23,26)/b21-8-. The van der Waals surface area contributed by atoms with Gasteiger partial charge in [0.1, 0.15) is 17.1 Å². The Balaban J connectivity index is 1.68. The van der Waals surface area contributed by atoms with E-state index in [2.05, 4.69) is 15.5 Å². The lowest BCUT2D eigenvalue weighted by Gasteiger charge is -2.04. The van der Waals surface area contributed by atoms with Crippen LogP contribution in [0.2, 0.25) is 5.02 Å². The predicted molar refractivity (Wildman–Crippen MR) is 101 cm³/mol. The number of nitrogens with one attached hydrogen (secondary N) is 1. The molecule has 0 spiro atoms. The number of hydrogen-bond donors (Lipinski definition) is 2. The zero-order valence-electron chi connectivity index (χ0n) is 14.3.